The average Bonchev–Trinajstić information content (AvgIpc) is 2.41. The molecule has 2 saturated carbocycles. The first kappa shape index (κ1) is 16.8. The molecule has 19 heavy (non-hydrogen) atoms. The second kappa shape index (κ2) is 8.12. The van der Waals surface area contributed by atoms with Crippen molar-refractivity contribution < 1.29 is 0 Å². The van der Waals surface area contributed by atoms with Gasteiger partial charge in [-0.25, -0.2) is 0 Å². The van der Waals surface area contributed by atoms with Gasteiger partial charge in [0.1, 0.15) is 0 Å². The van der Waals surface area contributed by atoms with Crippen LogP contribution < -0.4 is 0 Å². The highest BCUT2D eigenvalue weighted by Gasteiger charge is 2.41. The molecular formula is C19H36. The average molecular weight is 264 g/mol. The quantitative estimate of drug-likeness (QED) is 0.513. The fourth-order valence-electron chi connectivity index (χ4n) is 4.67. The van der Waals surface area contributed by atoms with Crippen molar-refractivity contribution in [1.29, 1.82) is 0 Å². The van der Waals surface area contributed by atoms with Gasteiger partial charge in [-0.2, -0.15) is 0 Å². The normalized spacial score (nSPS) is 34.5. The first-order valence-electron chi connectivity index (χ1n) is 8.81. The third-order valence-corrected chi connectivity index (χ3v) is 5.26. The van der Waals surface area contributed by atoms with Crippen LogP contribution >= 0.6 is 0 Å². The number of allylic oxidation sites excluding steroid dienone is 1. The molecule has 0 bridgehead atoms. The summed E-state index contributed by atoms with van der Waals surface area (Å²) >= 11 is 0. The van der Waals surface area contributed by atoms with Gasteiger partial charge in [0.2, 0.25) is 0 Å². The number of rotatable bonds is 3. The van der Waals surface area contributed by atoms with Gasteiger partial charge < -0.3 is 0 Å². The van der Waals surface area contributed by atoms with Crippen LogP contribution in [0.5, 0.6) is 0 Å². The summed E-state index contributed by atoms with van der Waals surface area (Å²) in [5.41, 5.74) is 1.58. The van der Waals surface area contributed by atoms with E-state index in [4.69, 9.17) is 0 Å². The van der Waals surface area contributed by atoms with Gasteiger partial charge in [0, 0.05) is 0 Å². The third kappa shape index (κ3) is 4.10. The van der Waals surface area contributed by atoms with Gasteiger partial charge in [0.15, 0.2) is 0 Å². The predicted molar refractivity (Wildman–Crippen MR) is 87.3 cm³/mol. The highest BCUT2D eigenvalue weighted by molar-refractivity contribution is 5.11. The van der Waals surface area contributed by atoms with E-state index in [0.29, 0.717) is 0 Å². The molecule has 0 radical (unpaired) electrons. The van der Waals surface area contributed by atoms with E-state index in [0.717, 1.165) is 29.6 Å². The lowest BCUT2D eigenvalue weighted by Gasteiger charge is -2.47. The monoisotopic (exact) mass is 264 g/mol. The Morgan fingerprint density at radius 2 is 1.68 bits per heavy atom. The topological polar surface area (TPSA) is 0 Å². The van der Waals surface area contributed by atoms with E-state index >= 15 is 0 Å². The van der Waals surface area contributed by atoms with Crippen molar-refractivity contribution in [2.75, 3.05) is 0 Å². The lowest BCUT2D eigenvalue weighted by Crippen LogP contribution is -2.38. The number of hydrogen-bond donors (Lipinski definition) is 0. The highest BCUT2D eigenvalue weighted by atomic mass is 14.5. The van der Waals surface area contributed by atoms with Crippen molar-refractivity contribution in [3.05, 3.63) is 12.2 Å². The lowest BCUT2D eigenvalue weighted by atomic mass is 9.58. The minimum Gasteiger partial charge on any atom is -0.0996 e. The molecule has 0 amide bonds. The Balaban J connectivity index is 0.000000861. The van der Waals surface area contributed by atoms with Crippen molar-refractivity contribution in [2.24, 2.45) is 29.6 Å². The summed E-state index contributed by atoms with van der Waals surface area (Å²) in [5.74, 6) is 4.67. The molecule has 0 spiro atoms. The van der Waals surface area contributed by atoms with E-state index in [1.807, 2.05) is 13.8 Å². The van der Waals surface area contributed by atoms with Gasteiger partial charge in [0.25, 0.3) is 0 Å². The Morgan fingerprint density at radius 3 is 2.21 bits per heavy atom. The molecule has 2 aliphatic rings. The largest absolute Gasteiger partial charge is 0.0996 e. The van der Waals surface area contributed by atoms with Crippen molar-refractivity contribution in [3.63, 3.8) is 0 Å². The van der Waals surface area contributed by atoms with Crippen molar-refractivity contribution >= 4 is 0 Å². The van der Waals surface area contributed by atoms with Crippen LogP contribution in [0.3, 0.4) is 0 Å². The molecule has 2 aliphatic carbocycles. The minimum absolute atomic E-state index is 0.851. The summed E-state index contributed by atoms with van der Waals surface area (Å²) in [6, 6.07) is 0. The molecule has 0 aliphatic heterocycles. The Hall–Kier alpha value is -0.260. The molecule has 0 nitrogen and oxygen atoms in total. The summed E-state index contributed by atoms with van der Waals surface area (Å²) in [7, 11) is 0. The van der Waals surface area contributed by atoms with Crippen LogP contribution in [0, 0.1) is 29.6 Å². The zero-order chi connectivity index (χ0) is 14.4. The van der Waals surface area contributed by atoms with Crippen LogP contribution in [0.2, 0.25) is 0 Å². The molecule has 2 fully saturated rings. The molecule has 0 aromatic rings. The summed E-state index contributed by atoms with van der Waals surface area (Å²) < 4.78 is 0. The molecule has 0 saturated heterocycles. The molecule has 0 N–H and O–H groups in total. The maximum Gasteiger partial charge on any atom is -0.0177 e. The van der Waals surface area contributed by atoms with E-state index < -0.39 is 0 Å². The highest BCUT2D eigenvalue weighted by Crippen LogP contribution is 2.51. The zero-order valence-electron chi connectivity index (χ0n) is 14.0. The number of hydrogen-bond acceptors (Lipinski definition) is 0. The SMILES string of the molecule is C=C1CC(CC(C)C)C2CCCC[C@H]2C1CC.CC. The third-order valence-electron chi connectivity index (χ3n) is 5.26. The fraction of sp³-hybridized carbons (Fsp3) is 0.895. The van der Waals surface area contributed by atoms with Crippen LogP contribution in [0.4, 0.5) is 0 Å². The van der Waals surface area contributed by atoms with Gasteiger partial charge in [-0.1, -0.05) is 59.6 Å². The van der Waals surface area contributed by atoms with E-state index in [9.17, 15) is 0 Å². The molecule has 0 heterocycles. The van der Waals surface area contributed by atoms with E-state index in [1.165, 1.54) is 44.9 Å². The minimum atomic E-state index is 0.851. The molecule has 2 rings (SSSR count). The summed E-state index contributed by atoms with van der Waals surface area (Å²) in [6.07, 6.45) is 10.0. The van der Waals surface area contributed by atoms with Crippen LogP contribution in [0.15, 0.2) is 12.2 Å². The molecule has 112 valence electrons. The molecule has 3 unspecified atom stereocenters. The summed E-state index contributed by atoms with van der Waals surface area (Å²) in [4.78, 5) is 0. The molecule has 0 heteroatoms. The molecular weight excluding hydrogens is 228 g/mol. The first-order chi connectivity index (χ1) is 9.13. The smallest absolute Gasteiger partial charge is 0.0177 e. The van der Waals surface area contributed by atoms with Gasteiger partial charge in [-0.05, 0) is 61.7 Å². The Kier molecular flexibility index (Phi) is 7.18. The van der Waals surface area contributed by atoms with Gasteiger partial charge >= 0.3 is 0 Å². The summed E-state index contributed by atoms with van der Waals surface area (Å²) in [6.45, 7) is 15.5. The second-order valence-corrected chi connectivity index (χ2v) is 6.88. The Morgan fingerprint density at radius 1 is 1.11 bits per heavy atom. The van der Waals surface area contributed by atoms with Crippen molar-refractivity contribution in [1.82, 2.24) is 0 Å². The van der Waals surface area contributed by atoms with E-state index in [1.54, 1.807) is 5.57 Å². The van der Waals surface area contributed by atoms with Crippen LogP contribution in [0.1, 0.15) is 79.6 Å². The first-order valence-corrected chi connectivity index (χ1v) is 8.81. The molecule has 4 atom stereocenters. The maximum atomic E-state index is 4.41. The lowest BCUT2D eigenvalue weighted by molar-refractivity contribution is 0.0730. The Labute approximate surface area is 122 Å². The van der Waals surface area contributed by atoms with Gasteiger partial charge in [0.05, 0.1) is 0 Å². The molecule has 0 aromatic heterocycles. The Bertz CT molecular complexity index is 263. The van der Waals surface area contributed by atoms with Gasteiger partial charge in [-0.3, -0.25) is 0 Å². The van der Waals surface area contributed by atoms with Crippen molar-refractivity contribution in [3.8, 4) is 0 Å². The van der Waals surface area contributed by atoms with Crippen molar-refractivity contribution in [2.45, 2.75) is 79.6 Å². The second-order valence-electron chi connectivity index (χ2n) is 6.88. The predicted octanol–water partition coefficient (Wildman–Crippen LogP) is 6.47. The maximum absolute atomic E-state index is 4.41. The van der Waals surface area contributed by atoms with E-state index in [2.05, 4.69) is 27.4 Å². The molecule has 0 aromatic carbocycles. The van der Waals surface area contributed by atoms with Crippen LogP contribution in [-0.2, 0) is 0 Å². The zero-order valence-corrected chi connectivity index (χ0v) is 14.0. The standard InChI is InChI=1S/C17H30.C2H6/c1-5-15-13(4)11-14(10-12(2)3)16-8-6-7-9-17(15)16;1-2/h12,14-17H,4-11H2,1-3H3;1-2H3/t14?,15?,16?,17-;/m0./s1. The number of fused-ring (bicyclic) bond motifs is 1. The fourth-order valence-corrected chi connectivity index (χ4v) is 4.67. The van der Waals surface area contributed by atoms with E-state index in [-0.39, 0.29) is 0 Å². The van der Waals surface area contributed by atoms with Crippen LogP contribution in [-0.4, -0.2) is 0 Å². The van der Waals surface area contributed by atoms with Crippen LogP contribution in [0.25, 0.3) is 0 Å². The van der Waals surface area contributed by atoms with Gasteiger partial charge in [-0.15, -0.1) is 0 Å². The summed E-state index contributed by atoms with van der Waals surface area (Å²) in [5, 5.41) is 0.